The van der Waals surface area contributed by atoms with E-state index in [4.69, 9.17) is 11.6 Å². The van der Waals surface area contributed by atoms with Gasteiger partial charge in [-0.1, -0.05) is 35.6 Å². The smallest absolute Gasteiger partial charge is 0.306 e. The number of rotatable bonds is 8. The topological polar surface area (TPSA) is 71.3 Å². The zero-order chi connectivity index (χ0) is 15.5. The van der Waals surface area contributed by atoms with E-state index in [0.29, 0.717) is 19.0 Å². The first kappa shape index (κ1) is 17.1. The quantitative estimate of drug-likeness (QED) is 0.320. The first-order valence-electron chi connectivity index (χ1n) is 6.52. The Balaban J connectivity index is 2.67. The van der Waals surface area contributed by atoms with Crippen LogP contribution >= 0.6 is 11.6 Å². The Hall–Kier alpha value is -1.95. The summed E-state index contributed by atoms with van der Waals surface area (Å²) in [4.78, 5) is 23.2. The molecule has 0 aromatic heterocycles. The third-order valence-corrected chi connectivity index (χ3v) is 2.76. The molecule has 114 valence electrons. The molecule has 21 heavy (non-hydrogen) atoms. The summed E-state index contributed by atoms with van der Waals surface area (Å²) in [5.74, 6) is -0.387. The molecule has 1 amide bonds. The Bertz CT molecular complexity index is 480. The van der Waals surface area contributed by atoms with Crippen molar-refractivity contribution in [3.8, 4) is 0 Å². The van der Waals surface area contributed by atoms with Crippen molar-refractivity contribution < 1.29 is 14.3 Å². The van der Waals surface area contributed by atoms with Gasteiger partial charge in [0.1, 0.15) is 0 Å². The summed E-state index contributed by atoms with van der Waals surface area (Å²) in [5, 5.41) is 8.96. The Kier molecular flexibility index (Phi) is 8.04. The van der Waals surface area contributed by atoms with Gasteiger partial charge in [-0.15, -0.1) is 11.6 Å². The summed E-state index contributed by atoms with van der Waals surface area (Å²) in [5.41, 5.74) is 0.925. The monoisotopic (exact) mass is 311 g/mol. The summed E-state index contributed by atoms with van der Waals surface area (Å²) >= 11 is 5.53. The molecule has 0 unspecified atom stereocenters. The Morgan fingerprint density at radius 1 is 1.24 bits per heavy atom. The number of carbonyl (C=O) groups excluding carboxylic acids is 2. The fourth-order valence-electron chi connectivity index (χ4n) is 1.53. The molecule has 0 fully saturated rings. The van der Waals surface area contributed by atoms with Gasteiger partial charge in [0.15, 0.2) is 0 Å². The minimum atomic E-state index is -0.430. The third kappa shape index (κ3) is 6.85. The van der Waals surface area contributed by atoms with Crippen molar-refractivity contribution in [2.75, 3.05) is 19.5 Å². The molecule has 0 bridgehead atoms. The van der Waals surface area contributed by atoms with Crippen molar-refractivity contribution >= 4 is 23.5 Å². The van der Waals surface area contributed by atoms with Crippen LogP contribution in [-0.2, 0) is 20.9 Å². The lowest BCUT2D eigenvalue weighted by Gasteiger charge is -2.15. The highest BCUT2D eigenvalue weighted by Gasteiger charge is 2.15. The highest BCUT2D eigenvalue weighted by molar-refractivity contribution is 6.18. The van der Waals surface area contributed by atoms with Crippen LogP contribution < -0.4 is 0 Å². The number of hydrogen-bond donors (Lipinski definition) is 0. The van der Waals surface area contributed by atoms with E-state index >= 15 is 0 Å². The van der Waals surface area contributed by atoms with Gasteiger partial charge in [-0.2, -0.15) is 5.11 Å². The van der Waals surface area contributed by atoms with Gasteiger partial charge in [0.05, 0.1) is 26.6 Å². The van der Waals surface area contributed by atoms with Gasteiger partial charge in [0, 0.05) is 12.3 Å². The maximum atomic E-state index is 12.1. The molecule has 0 aliphatic rings. The summed E-state index contributed by atoms with van der Waals surface area (Å²) in [6.07, 6.45) is 0.0467. The zero-order valence-corrected chi connectivity index (χ0v) is 12.6. The molecule has 0 saturated carbocycles. The summed E-state index contributed by atoms with van der Waals surface area (Å²) in [7, 11) is 1.29. The molecular formula is C14H18ClN3O3. The van der Waals surface area contributed by atoms with Gasteiger partial charge in [-0.25, -0.2) is 5.01 Å². The lowest BCUT2D eigenvalue weighted by molar-refractivity contribution is -0.143. The normalized spacial score (nSPS) is 10.6. The summed E-state index contributed by atoms with van der Waals surface area (Å²) in [6, 6.07) is 9.42. The predicted octanol–water partition coefficient (Wildman–Crippen LogP) is 2.57. The highest BCUT2D eigenvalue weighted by atomic mass is 35.5. The van der Waals surface area contributed by atoms with Crippen LogP contribution in [0.5, 0.6) is 0 Å². The average molecular weight is 312 g/mol. The standard InChI is InChI=1S/C14H18ClN3O3/c1-21-14(20)8-7-13(19)18(17-16-10-9-15)11-12-5-3-2-4-6-12/h2-6H,7-11H2,1H3. The number of hydrogen-bond acceptors (Lipinski definition) is 5. The predicted molar refractivity (Wildman–Crippen MR) is 78.7 cm³/mol. The van der Waals surface area contributed by atoms with Gasteiger partial charge < -0.3 is 4.74 Å². The van der Waals surface area contributed by atoms with Crippen LogP contribution in [0.15, 0.2) is 40.7 Å². The maximum absolute atomic E-state index is 12.1. The van der Waals surface area contributed by atoms with Crippen molar-refractivity contribution in [2.45, 2.75) is 19.4 Å². The largest absolute Gasteiger partial charge is 0.469 e. The number of carbonyl (C=O) groups is 2. The number of halogens is 1. The number of nitrogens with zero attached hydrogens (tertiary/aromatic N) is 3. The minimum absolute atomic E-state index is 0.0195. The van der Waals surface area contributed by atoms with E-state index in [1.54, 1.807) is 0 Å². The molecule has 6 nitrogen and oxygen atoms in total. The number of alkyl halides is 1. The molecule has 0 atom stereocenters. The number of amides is 1. The second-order valence-electron chi connectivity index (χ2n) is 4.16. The van der Waals surface area contributed by atoms with Crippen LogP contribution in [0.3, 0.4) is 0 Å². The molecule has 7 heteroatoms. The summed E-state index contributed by atoms with van der Waals surface area (Å²) < 4.78 is 4.52. The lowest BCUT2D eigenvalue weighted by atomic mass is 10.2. The van der Waals surface area contributed by atoms with Crippen LogP contribution in [0.1, 0.15) is 18.4 Å². The fraction of sp³-hybridized carbons (Fsp3) is 0.429. The fourth-order valence-corrected chi connectivity index (χ4v) is 1.60. The molecule has 0 spiro atoms. The molecular weight excluding hydrogens is 294 g/mol. The SMILES string of the molecule is COC(=O)CCC(=O)N(Cc1ccccc1)N=NCCCl. The first-order valence-corrected chi connectivity index (χ1v) is 7.05. The van der Waals surface area contributed by atoms with Crippen LogP contribution in [0.25, 0.3) is 0 Å². The van der Waals surface area contributed by atoms with Crippen molar-refractivity contribution in [1.82, 2.24) is 5.01 Å². The van der Waals surface area contributed by atoms with Gasteiger partial charge in [-0.05, 0) is 5.56 Å². The minimum Gasteiger partial charge on any atom is -0.469 e. The number of benzene rings is 1. The average Bonchev–Trinajstić information content (AvgIpc) is 2.52. The van der Waals surface area contributed by atoms with Gasteiger partial charge >= 0.3 is 5.97 Å². The van der Waals surface area contributed by atoms with Crippen molar-refractivity contribution in [3.63, 3.8) is 0 Å². The second-order valence-corrected chi connectivity index (χ2v) is 4.53. The Morgan fingerprint density at radius 3 is 2.57 bits per heavy atom. The molecule has 0 heterocycles. The molecule has 0 radical (unpaired) electrons. The van der Waals surface area contributed by atoms with Gasteiger partial charge in [0.2, 0.25) is 5.91 Å². The van der Waals surface area contributed by atoms with Crippen molar-refractivity contribution in [3.05, 3.63) is 35.9 Å². The van der Waals surface area contributed by atoms with Crippen LogP contribution in [0.4, 0.5) is 0 Å². The van der Waals surface area contributed by atoms with Crippen molar-refractivity contribution in [2.24, 2.45) is 10.3 Å². The molecule has 0 saturated heterocycles. The zero-order valence-electron chi connectivity index (χ0n) is 11.9. The van der Waals surface area contributed by atoms with Crippen molar-refractivity contribution in [1.29, 1.82) is 0 Å². The number of esters is 1. The highest BCUT2D eigenvalue weighted by Crippen LogP contribution is 2.08. The Labute approximate surface area is 128 Å². The van der Waals surface area contributed by atoms with Gasteiger partial charge in [0.25, 0.3) is 0 Å². The van der Waals surface area contributed by atoms with E-state index in [0.717, 1.165) is 5.56 Å². The van der Waals surface area contributed by atoms with Crippen LogP contribution in [0, 0.1) is 0 Å². The third-order valence-electron chi connectivity index (χ3n) is 2.59. The Morgan fingerprint density at radius 2 is 1.95 bits per heavy atom. The first-order chi connectivity index (χ1) is 10.2. The van der Waals surface area contributed by atoms with Crippen LogP contribution in [-0.4, -0.2) is 36.4 Å². The molecule has 0 N–H and O–H groups in total. The number of methoxy groups -OCH3 is 1. The molecule has 0 aliphatic heterocycles. The molecule has 1 aromatic rings. The molecule has 1 rings (SSSR count). The van der Waals surface area contributed by atoms with E-state index in [2.05, 4.69) is 15.1 Å². The molecule has 0 aliphatic carbocycles. The van der Waals surface area contributed by atoms with E-state index in [1.807, 2.05) is 30.3 Å². The van der Waals surface area contributed by atoms with Gasteiger partial charge in [-0.3, -0.25) is 9.59 Å². The van der Waals surface area contributed by atoms with Crippen LogP contribution in [0.2, 0.25) is 0 Å². The van der Waals surface area contributed by atoms with E-state index in [1.165, 1.54) is 12.1 Å². The van der Waals surface area contributed by atoms with E-state index in [-0.39, 0.29) is 18.7 Å². The van der Waals surface area contributed by atoms with E-state index in [9.17, 15) is 9.59 Å². The summed E-state index contributed by atoms with van der Waals surface area (Å²) in [6.45, 7) is 0.629. The second kappa shape index (κ2) is 9.88. The number of ether oxygens (including phenoxy) is 1. The van der Waals surface area contributed by atoms with E-state index < -0.39 is 5.97 Å². The maximum Gasteiger partial charge on any atom is 0.306 e. The lowest BCUT2D eigenvalue weighted by Crippen LogP contribution is -2.25. The molecule has 1 aromatic carbocycles.